The molecule has 1 aromatic carbocycles. The summed E-state index contributed by atoms with van der Waals surface area (Å²) in [7, 11) is 1.60. The smallest absolute Gasteiger partial charge is 0.323 e. The quantitative estimate of drug-likeness (QED) is 0.442. The van der Waals surface area contributed by atoms with Gasteiger partial charge in [0.15, 0.2) is 0 Å². The van der Waals surface area contributed by atoms with Gasteiger partial charge in [0, 0.05) is 18.4 Å². The van der Waals surface area contributed by atoms with Gasteiger partial charge >= 0.3 is 6.03 Å². The number of carbonyl (C=O) groups excluding carboxylic acids is 1. The molecule has 30 heavy (non-hydrogen) atoms. The van der Waals surface area contributed by atoms with Crippen molar-refractivity contribution >= 4 is 50.7 Å². The number of hydrogen-bond acceptors (Lipinski definition) is 8. The second-order valence-electron chi connectivity index (χ2n) is 6.37. The number of anilines is 2. The van der Waals surface area contributed by atoms with Crippen LogP contribution in [-0.2, 0) is 4.74 Å². The molecular weight excluding hydrogens is 428 g/mol. The molecule has 0 spiro atoms. The van der Waals surface area contributed by atoms with Crippen molar-refractivity contribution in [3.05, 3.63) is 46.4 Å². The summed E-state index contributed by atoms with van der Waals surface area (Å²) in [5.74, 6) is 0.298. The number of fused-ring (bicyclic) bond motifs is 1. The standard InChI is InChI=1S/C19H17ClN6O3S/c1-9(28-3)15-14(7-21-18-16(15)23-10(2)30-18)25-19(27)24-11-4-5-12(13(20)6-11)17-26-22-8-29-17/h4-9H,1-3H3,(H2,24,25,27). The Morgan fingerprint density at radius 1 is 1.33 bits per heavy atom. The van der Waals surface area contributed by atoms with Crippen LogP contribution in [0.15, 0.2) is 35.2 Å². The first-order valence-corrected chi connectivity index (χ1v) is 10.1. The van der Waals surface area contributed by atoms with Crippen molar-refractivity contribution in [1.29, 1.82) is 0 Å². The number of hydrogen-bond donors (Lipinski definition) is 2. The number of pyridine rings is 1. The van der Waals surface area contributed by atoms with E-state index in [9.17, 15) is 4.79 Å². The monoisotopic (exact) mass is 444 g/mol. The number of nitrogens with one attached hydrogen (secondary N) is 2. The zero-order chi connectivity index (χ0) is 21.3. The molecule has 0 saturated carbocycles. The van der Waals surface area contributed by atoms with E-state index in [1.54, 1.807) is 31.5 Å². The Hall–Kier alpha value is -3.08. The number of nitrogens with zero attached hydrogens (tertiary/aromatic N) is 4. The van der Waals surface area contributed by atoms with Crippen LogP contribution < -0.4 is 10.6 Å². The van der Waals surface area contributed by atoms with Gasteiger partial charge in [0.1, 0.15) is 10.3 Å². The minimum Gasteiger partial charge on any atom is -0.423 e. The highest BCUT2D eigenvalue weighted by Crippen LogP contribution is 2.34. The van der Waals surface area contributed by atoms with E-state index in [0.29, 0.717) is 27.9 Å². The fourth-order valence-corrected chi connectivity index (χ4v) is 4.01. The molecule has 2 amide bonds. The Kier molecular flexibility index (Phi) is 5.62. The molecule has 0 bridgehead atoms. The maximum atomic E-state index is 12.6. The molecule has 9 nitrogen and oxygen atoms in total. The van der Waals surface area contributed by atoms with Crippen molar-refractivity contribution in [3.63, 3.8) is 0 Å². The summed E-state index contributed by atoms with van der Waals surface area (Å²) in [6.07, 6.45) is 2.55. The minimum absolute atomic E-state index is 0.282. The number of thiazole rings is 1. The molecule has 3 heterocycles. The van der Waals surface area contributed by atoms with Crippen molar-refractivity contribution in [2.45, 2.75) is 20.0 Å². The van der Waals surface area contributed by atoms with Gasteiger partial charge in [0.05, 0.1) is 33.6 Å². The molecule has 1 atom stereocenters. The Bertz CT molecular complexity index is 1210. The van der Waals surface area contributed by atoms with E-state index in [1.807, 2.05) is 13.8 Å². The summed E-state index contributed by atoms with van der Waals surface area (Å²) in [6, 6.07) is 4.53. The van der Waals surface area contributed by atoms with Crippen LogP contribution in [0.1, 0.15) is 23.6 Å². The SMILES string of the molecule is COC(C)c1c(NC(=O)Nc2ccc(-c3nnco3)c(Cl)c2)cnc2sc(C)nc12. The van der Waals surface area contributed by atoms with E-state index in [0.717, 1.165) is 20.9 Å². The van der Waals surface area contributed by atoms with Crippen LogP contribution in [0.5, 0.6) is 0 Å². The molecule has 0 radical (unpaired) electrons. The molecule has 4 rings (SSSR count). The number of ether oxygens (including phenoxy) is 1. The average molecular weight is 445 g/mol. The van der Waals surface area contributed by atoms with E-state index in [-0.39, 0.29) is 6.10 Å². The maximum Gasteiger partial charge on any atom is 0.323 e. The lowest BCUT2D eigenvalue weighted by Gasteiger charge is -2.16. The summed E-state index contributed by atoms with van der Waals surface area (Å²) < 4.78 is 10.6. The van der Waals surface area contributed by atoms with Crippen molar-refractivity contribution < 1.29 is 13.9 Å². The van der Waals surface area contributed by atoms with E-state index < -0.39 is 6.03 Å². The van der Waals surface area contributed by atoms with Gasteiger partial charge in [-0.1, -0.05) is 22.9 Å². The lowest BCUT2D eigenvalue weighted by atomic mass is 10.1. The van der Waals surface area contributed by atoms with E-state index >= 15 is 0 Å². The van der Waals surface area contributed by atoms with Crippen molar-refractivity contribution in [1.82, 2.24) is 20.2 Å². The molecule has 0 aliphatic rings. The summed E-state index contributed by atoms with van der Waals surface area (Å²) in [6.45, 7) is 3.80. The number of rotatable bonds is 5. The Labute approximate surface area is 180 Å². The second kappa shape index (κ2) is 8.34. The highest BCUT2D eigenvalue weighted by Gasteiger charge is 2.20. The van der Waals surface area contributed by atoms with Crippen molar-refractivity contribution in [2.24, 2.45) is 0 Å². The average Bonchev–Trinajstić information content (AvgIpc) is 3.36. The van der Waals surface area contributed by atoms with Gasteiger partial charge in [-0.3, -0.25) is 0 Å². The molecule has 0 aliphatic carbocycles. The fraction of sp³-hybridized carbons (Fsp3) is 0.211. The van der Waals surface area contributed by atoms with Crippen LogP contribution in [-0.4, -0.2) is 33.3 Å². The van der Waals surface area contributed by atoms with Gasteiger partial charge in [-0.05, 0) is 32.0 Å². The molecule has 4 aromatic rings. The van der Waals surface area contributed by atoms with Gasteiger partial charge < -0.3 is 19.8 Å². The van der Waals surface area contributed by atoms with Crippen LogP contribution in [0.4, 0.5) is 16.2 Å². The molecule has 0 fully saturated rings. The van der Waals surface area contributed by atoms with Crippen LogP contribution in [0, 0.1) is 6.92 Å². The first-order valence-electron chi connectivity index (χ1n) is 8.89. The van der Waals surface area contributed by atoms with Gasteiger partial charge in [-0.25, -0.2) is 14.8 Å². The second-order valence-corrected chi connectivity index (χ2v) is 7.96. The Balaban J connectivity index is 1.57. The van der Waals surface area contributed by atoms with Crippen LogP contribution in [0.25, 0.3) is 21.8 Å². The molecule has 154 valence electrons. The van der Waals surface area contributed by atoms with E-state index in [1.165, 1.54) is 17.7 Å². The number of urea groups is 1. The molecular formula is C19H17ClN6O3S. The maximum absolute atomic E-state index is 12.6. The number of methoxy groups -OCH3 is 1. The Morgan fingerprint density at radius 2 is 2.17 bits per heavy atom. The lowest BCUT2D eigenvalue weighted by molar-refractivity contribution is 0.121. The number of carbonyl (C=O) groups is 1. The summed E-state index contributed by atoms with van der Waals surface area (Å²) in [4.78, 5) is 22.4. The Morgan fingerprint density at radius 3 is 2.87 bits per heavy atom. The molecule has 11 heteroatoms. The third-order valence-electron chi connectivity index (χ3n) is 4.40. The molecule has 0 aliphatic heterocycles. The zero-order valence-corrected chi connectivity index (χ0v) is 17.8. The molecule has 3 aromatic heterocycles. The molecule has 1 unspecified atom stereocenters. The van der Waals surface area contributed by atoms with Gasteiger partial charge in [-0.2, -0.15) is 0 Å². The van der Waals surface area contributed by atoms with Gasteiger partial charge in [0.2, 0.25) is 12.3 Å². The first-order chi connectivity index (χ1) is 14.5. The van der Waals surface area contributed by atoms with E-state index in [2.05, 4.69) is 30.8 Å². The van der Waals surface area contributed by atoms with Gasteiger partial charge in [0.25, 0.3) is 0 Å². The lowest BCUT2D eigenvalue weighted by Crippen LogP contribution is -2.21. The summed E-state index contributed by atoms with van der Waals surface area (Å²) in [5.41, 5.74) is 3.09. The normalized spacial score (nSPS) is 12.1. The fourth-order valence-electron chi connectivity index (χ4n) is 2.97. The largest absolute Gasteiger partial charge is 0.423 e. The van der Waals surface area contributed by atoms with Crippen LogP contribution in [0.3, 0.4) is 0 Å². The summed E-state index contributed by atoms with van der Waals surface area (Å²) >= 11 is 7.77. The number of halogens is 1. The van der Waals surface area contributed by atoms with Crippen molar-refractivity contribution in [3.8, 4) is 11.5 Å². The predicted octanol–water partition coefficient (Wildman–Crippen LogP) is 5.05. The van der Waals surface area contributed by atoms with Crippen LogP contribution in [0.2, 0.25) is 5.02 Å². The number of benzene rings is 1. The third-order valence-corrected chi connectivity index (χ3v) is 5.59. The predicted molar refractivity (Wildman–Crippen MR) is 115 cm³/mol. The van der Waals surface area contributed by atoms with Gasteiger partial charge in [-0.15, -0.1) is 10.2 Å². The zero-order valence-electron chi connectivity index (χ0n) is 16.3. The molecule has 2 N–H and O–H groups in total. The van der Waals surface area contributed by atoms with Crippen LogP contribution >= 0.6 is 22.9 Å². The van der Waals surface area contributed by atoms with Crippen molar-refractivity contribution in [2.75, 3.05) is 17.7 Å². The number of aryl methyl sites for hydroxylation is 1. The highest BCUT2D eigenvalue weighted by atomic mass is 35.5. The summed E-state index contributed by atoms with van der Waals surface area (Å²) in [5, 5.41) is 14.3. The third kappa shape index (κ3) is 3.97. The minimum atomic E-state index is -0.450. The molecule has 0 saturated heterocycles. The number of amides is 2. The number of aromatic nitrogens is 4. The highest BCUT2D eigenvalue weighted by molar-refractivity contribution is 7.18. The first kappa shape index (κ1) is 20.2. The topological polar surface area (TPSA) is 115 Å². The van der Waals surface area contributed by atoms with E-state index in [4.69, 9.17) is 20.8 Å².